The molecule has 5 fully saturated rings. The van der Waals surface area contributed by atoms with Crippen molar-refractivity contribution in [1.82, 2.24) is 10.0 Å². The number of aliphatic carboxylic acids is 1. The molecule has 1 aromatic rings. The molecule has 1 aromatic carbocycles. The molecule has 6 rings (SSSR count). The smallest absolute Gasteiger partial charge is 0.310 e. The summed E-state index contributed by atoms with van der Waals surface area (Å²) in [5.74, 6) is -0.0539. The number of carboxylic acid groups (broad SMARTS) is 1. The molecule has 184 valence electrons. The van der Waals surface area contributed by atoms with Gasteiger partial charge in [-0.1, -0.05) is 30.5 Å². The van der Waals surface area contributed by atoms with Gasteiger partial charge in [-0.3, -0.25) is 9.59 Å². The fraction of sp³-hybridized carbons (Fsp3) is 0.680. The minimum atomic E-state index is -3.96. The second-order valence-corrected chi connectivity index (χ2v) is 13.6. The molecule has 6 atom stereocenters. The van der Waals surface area contributed by atoms with Gasteiger partial charge in [0.05, 0.1) is 10.3 Å². The van der Waals surface area contributed by atoms with Crippen LogP contribution in [0.3, 0.4) is 0 Å². The second kappa shape index (κ2) is 7.20. The standard InChI is InChI=1S/C25H31ClN2O5S/c1-14-18(26)5-4-6-19(14)34(32,33)28-25(7-2-3-8-25)21(29)27-20-15-9-17-13-24(22(30)31)12-16(20)11-23(17,24)10-15/h4-6,15-17,20,28H,2-3,7-13H2,1H3,(H,27,29)(H,30,31). The zero-order chi connectivity index (χ0) is 24.1. The lowest BCUT2D eigenvalue weighted by molar-refractivity contribution is -0.179. The molecule has 3 bridgehead atoms. The van der Waals surface area contributed by atoms with Gasteiger partial charge in [0.1, 0.15) is 5.54 Å². The zero-order valence-electron chi connectivity index (χ0n) is 19.3. The van der Waals surface area contributed by atoms with Crippen LogP contribution < -0.4 is 10.0 Å². The maximum Gasteiger partial charge on any atom is 0.310 e. The summed E-state index contributed by atoms with van der Waals surface area (Å²) in [7, 11) is -3.96. The molecule has 0 aromatic heterocycles. The van der Waals surface area contributed by atoms with Crippen LogP contribution >= 0.6 is 11.6 Å². The van der Waals surface area contributed by atoms with Gasteiger partial charge in [0.15, 0.2) is 0 Å². The highest BCUT2D eigenvalue weighted by Gasteiger charge is 2.79. The Bertz CT molecular complexity index is 1190. The Morgan fingerprint density at radius 3 is 2.50 bits per heavy atom. The lowest BCUT2D eigenvalue weighted by Crippen LogP contribution is -2.60. The van der Waals surface area contributed by atoms with Crippen LogP contribution in [0.25, 0.3) is 0 Å². The average molecular weight is 507 g/mol. The number of halogens is 1. The van der Waals surface area contributed by atoms with Crippen LogP contribution in [-0.4, -0.2) is 37.0 Å². The minimum absolute atomic E-state index is 0.0772. The lowest BCUT2D eigenvalue weighted by Gasteiger charge is -2.56. The summed E-state index contributed by atoms with van der Waals surface area (Å²) in [4.78, 5) is 26.1. The molecule has 3 N–H and O–H groups in total. The third-order valence-electron chi connectivity index (χ3n) is 10.2. The summed E-state index contributed by atoms with van der Waals surface area (Å²) in [5, 5.41) is 13.7. The number of amides is 1. The number of carbonyl (C=O) groups excluding carboxylic acids is 1. The van der Waals surface area contributed by atoms with E-state index < -0.39 is 26.9 Å². The molecule has 0 saturated heterocycles. The summed E-state index contributed by atoms with van der Waals surface area (Å²) in [6, 6.07) is 4.68. The molecule has 7 nitrogen and oxygen atoms in total. The van der Waals surface area contributed by atoms with Gasteiger partial charge in [-0.2, -0.15) is 4.72 Å². The third kappa shape index (κ3) is 2.82. The summed E-state index contributed by atoms with van der Waals surface area (Å²) in [5.41, 5.74) is -1.42. The first-order valence-electron chi connectivity index (χ1n) is 12.4. The Labute approximate surface area is 205 Å². The van der Waals surface area contributed by atoms with E-state index in [1.165, 1.54) is 6.07 Å². The fourth-order valence-electron chi connectivity index (χ4n) is 8.76. The van der Waals surface area contributed by atoms with Crippen molar-refractivity contribution < 1.29 is 23.1 Å². The van der Waals surface area contributed by atoms with E-state index in [1.54, 1.807) is 19.1 Å². The van der Waals surface area contributed by atoms with Crippen molar-refractivity contribution in [1.29, 1.82) is 0 Å². The molecule has 0 heterocycles. The van der Waals surface area contributed by atoms with E-state index in [0.29, 0.717) is 35.8 Å². The van der Waals surface area contributed by atoms with E-state index in [-0.39, 0.29) is 34.1 Å². The van der Waals surface area contributed by atoms with Gasteiger partial charge in [-0.25, -0.2) is 8.42 Å². The molecule has 5 aliphatic carbocycles. The quantitative estimate of drug-likeness (QED) is 0.545. The van der Waals surface area contributed by atoms with Gasteiger partial charge < -0.3 is 10.4 Å². The molecule has 5 saturated carbocycles. The largest absolute Gasteiger partial charge is 0.481 e. The van der Waals surface area contributed by atoms with Crippen molar-refractivity contribution in [2.45, 2.75) is 81.2 Å². The number of hydrogen-bond donors (Lipinski definition) is 3. The predicted octanol–water partition coefficient (Wildman–Crippen LogP) is 3.64. The summed E-state index contributed by atoms with van der Waals surface area (Å²) in [6.07, 6.45) is 6.55. The second-order valence-electron chi connectivity index (χ2n) is 11.6. The molecule has 1 amide bonds. The first kappa shape index (κ1) is 22.8. The summed E-state index contributed by atoms with van der Waals surface area (Å²) in [6.45, 7) is 1.66. The molecular weight excluding hydrogens is 476 g/mol. The molecular formula is C25H31ClN2O5S. The van der Waals surface area contributed by atoms with Crippen LogP contribution in [0.2, 0.25) is 5.02 Å². The number of sulfonamides is 1. The van der Waals surface area contributed by atoms with Gasteiger partial charge in [-0.05, 0) is 92.7 Å². The Morgan fingerprint density at radius 1 is 1.09 bits per heavy atom. The number of carbonyl (C=O) groups is 2. The van der Waals surface area contributed by atoms with Crippen LogP contribution in [0.5, 0.6) is 0 Å². The van der Waals surface area contributed by atoms with Crippen LogP contribution in [0, 0.1) is 35.5 Å². The monoisotopic (exact) mass is 506 g/mol. The molecule has 0 aliphatic heterocycles. The number of carboxylic acids is 1. The minimum Gasteiger partial charge on any atom is -0.481 e. The van der Waals surface area contributed by atoms with Crippen molar-refractivity contribution in [3.8, 4) is 0 Å². The number of benzene rings is 1. The predicted molar refractivity (Wildman–Crippen MR) is 126 cm³/mol. The van der Waals surface area contributed by atoms with Crippen LogP contribution in [0.4, 0.5) is 0 Å². The number of hydrogen-bond acceptors (Lipinski definition) is 4. The normalized spacial score (nSPS) is 39.0. The van der Waals surface area contributed by atoms with Crippen molar-refractivity contribution in [3.63, 3.8) is 0 Å². The Balaban J connectivity index is 1.26. The van der Waals surface area contributed by atoms with Crippen LogP contribution in [0.1, 0.15) is 63.4 Å². The molecule has 6 unspecified atom stereocenters. The van der Waals surface area contributed by atoms with E-state index in [9.17, 15) is 23.1 Å². The van der Waals surface area contributed by atoms with E-state index >= 15 is 0 Å². The van der Waals surface area contributed by atoms with E-state index in [4.69, 9.17) is 11.6 Å². The van der Waals surface area contributed by atoms with Crippen molar-refractivity contribution >= 4 is 33.5 Å². The highest BCUT2D eigenvalue weighted by Crippen LogP contribution is 2.81. The number of fused-ring (bicyclic) bond motifs is 2. The lowest BCUT2D eigenvalue weighted by atomic mass is 9.46. The van der Waals surface area contributed by atoms with Crippen LogP contribution in [-0.2, 0) is 19.6 Å². The molecule has 34 heavy (non-hydrogen) atoms. The summed E-state index contributed by atoms with van der Waals surface area (Å²) >= 11 is 6.17. The first-order chi connectivity index (χ1) is 16.0. The van der Waals surface area contributed by atoms with Gasteiger partial charge in [0, 0.05) is 11.1 Å². The van der Waals surface area contributed by atoms with Crippen molar-refractivity contribution in [2.75, 3.05) is 0 Å². The maximum absolute atomic E-state index is 13.8. The van der Waals surface area contributed by atoms with Gasteiger partial charge >= 0.3 is 5.97 Å². The van der Waals surface area contributed by atoms with Crippen molar-refractivity contribution in [2.24, 2.45) is 28.6 Å². The van der Waals surface area contributed by atoms with E-state index in [1.807, 2.05) is 0 Å². The zero-order valence-corrected chi connectivity index (χ0v) is 20.8. The molecule has 1 spiro atoms. The molecule has 9 heteroatoms. The van der Waals surface area contributed by atoms with Crippen molar-refractivity contribution in [3.05, 3.63) is 28.8 Å². The SMILES string of the molecule is Cc1c(Cl)cccc1S(=O)(=O)NC1(C(=O)NC2C3CC4CC5(C(=O)O)CC2CC45C3)CCCC1. The van der Waals surface area contributed by atoms with Gasteiger partial charge in [0.25, 0.3) is 0 Å². The van der Waals surface area contributed by atoms with Crippen LogP contribution in [0.15, 0.2) is 23.1 Å². The summed E-state index contributed by atoms with van der Waals surface area (Å²) < 4.78 is 29.5. The van der Waals surface area contributed by atoms with Gasteiger partial charge in [-0.15, -0.1) is 0 Å². The fourth-order valence-corrected chi connectivity index (χ4v) is 10.7. The number of nitrogens with one attached hydrogen (secondary N) is 2. The topological polar surface area (TPSA) is 113 Å². The Kier molecular flexibility index (Phi) is 4.83. The highest BCUT2D eigenvalue weighted by atomic mass is 35.5. The van der Waals surface area contributed by atoms with E-state index in [2.05, 4.69) is 10.0 Å². The molecule has 0 radical (unpaired) electrons. The maximum atomic E-state index is 13.8. The first-order valence-corrected chi connectivity index (χ1v) is 14.2. The molecule has 5 aliphatic rings. The number of rotatable bonds is 6. The highest BCUT2D eigenvalue weighted by molar-refractivity contribution is 7.89. The third-order valence-corrected chi connectivity index (χ3v) is 12.3. The average Bonchev–Trinajstić information content (AvgIpc) is 3.39. The van der Waals surface area contributed by atoms with E-state index in [0.717, 1.165) is 38.5 Å². The Morgan fingerprint density at radius 2 is 1.79 bits per heavy atom. The Hall–Kier alpha value is -1.64. The van der Waals surface area contributed by atoms with Gasteiger partial charge in [0.2, 0.25) is 15.9 Å².